The van der Waals surface area contributed by atoms with Crippen molar-refractivity contribution in [2.45, 2.75) is 46.2 Å². The van der Waals surface area contributed by atoms with Crippen molar-refractivity contribution in [2.75, 3.05) is 13.2 Å². The van der Waals surface area contributed by atoms with Crippen molar-refractivity contribution < 1.29 is 9.52 Å². The van der Waals surface area contributed by atoms with E-state index in [1.54, 1.807) is 0 Å². The van der Waals surface area contributed by atoms with E-state index >= 15 is 0 Å². The first-order valence-electron chi connectivity index (χ1n) is 5.96. The molecule has 92 valence electrons. The van der Waals surface area contributed by atoms with Crippen molar-refractivity contribution >= 4 is 0 Å². The summed E-state index contributed by atoms with van der Waals surface area (Å²) in [5.74, 6) is 0.869. The van der Waals surface area contributed by atoms with Gasteiger partial charge in [0.1, 0.15) is 5.76 Å². The minimum Gasteiger partial charge on any atom is -0.448 e. The maximum Gasteiger partial charge on any atom is 0.181 e. The largest absolute Gasteiger partial charge is 0.448 e. The highest BCUT2D eigenvalue weighted by Crippen LogP contribution is 2.14. The molecule has 1 aromatic heterocycles. The molecule has 0 spiro atoms. The summed E-state index contributed by atoms with van der Waals surface area (Å²) >= 11 is 0. The Hall–Kier alpha value is -0.870. The van der Waals surface area contributed by atoms with E-state index in [0.717, 1.165) is 30.8 Å². The molecule has 0 saturated heterocycles. The van der Waals surface area contributed by atoms with Gasteiger partial charge in [-0.15, -0.1) is 0 Å². The summed E-state index contributed by atoms with van der Waals surface area (Å²) in [5, 5.41) is 9.09. The minimum absolute atomic E-state index is 0.188. The number of rotatable bonds is 7. The van der Waals surface area contributed by atoms with Crippen molar-refractivity contribution in [3.8, 4) is 0 Å². The number of hydrogen-bond donors (Lipinski definition) is 1. The highest BCUT2D eigenvalue weighted by atomic mass is 16.3. The molecule has 0 aromatic carbocycles. The lowest BCUT2D eigenvalue weighted by molar-refractivity contribution is 0.135. The van der Waals surface area contributed by atoms with Gasteiger partial charge in [0.25, 0.3) is 0 Å². The lowest BCUT2D eigenvalue weighted by Gasteiger charge is -2.29. The van der Waals surface area contributed by atoms with Crippen LogP contribution in [0.2, 0.25) is 0 Å². The zero-order chi connectivity index (χ0) is 12.0. The molecule has 0 atom stereocenters. The molecule has 1 N–H and O–H groups in total. The molecule has 0 amide bonds. The summed E-state index contributed by atoms with van der Waals surface area (Å²) in [5.41, 5.74) is 0.973. The van der Waals surface area contributed by atoms with E-state index in [9.17, 15) is 0 Å². The van der Waals surface area contributed by atoms with Crippen molar-refractivity contribution in [3.63, 3.8) is 0 Å². The van der Waals surface area contributed by atoms with Crippen molar-refractivity contribution in [2.24, 2.45) is 0 Å². The van der Waals surface area contributed by atoms with Crippen LogP contribution in [0.5, 0.6) is 0 Å². The molecule has 4 nitrogen and oxygen atoms in total. The Bertz CT molecular complexity index is 295. The third kappa shape index (κ3) is 3.32. The van der Waals surface area contributed by atoms with Crippen molar-refractivity contribution in [1.82, 2.24) is 9.88 Å². The Kier molecular flexibility index (Phi) is 5.49. The average Bonchev–Trinajstić information content (AvgIpc) is 2.66. The highest BCUT2D eigenvalue weighted by molar-refractivity contribution is 5.04. The summed E-state index contributed by atoms with van der Waals surface area (Å²) in [6.07, 6.45) is 3.66. The zero-order valence-corrected chi connectivity index (χ0v) is 10.4. The van der Waals surface area contributed by atoms with Gasteiger partial charge in [0, 0.05) is 19.1 Å². The van der Waals surface area contributed by atoms with Gasteiger partial charge in [-0.2, -0.15) is 0 Å². The zero-order valence-electron chi connectivity index (χ0n) is 10.4. The second kappa shape index (κ2) is 6.66. The van der Waals surface area contributed by atoms with Gasteiger partial charge in [0.15, 0.2) is 6.39 Å². The fraction of sp³-hybridized carbons (Fsp3) is 0.750. The number of aromatic nitrogens is 1. The van der Waals surface area contributed by atoms with E-state index in [1.807, 2.05) is 6.92 Å². The van der Waals surface area contributed by atoms with Crippen LogP contribution in [0.4, 0.5) is 0 Å². The second-order valence-corrected chi connectivity index (χ2v) is 4.02. The average molecular weight is 226 g/mol. The van der Waals surface area contributed by atoms with Crippen LogP contribution < -0.4 is 0 Å². The second-order valence-electron chi connectivity index (χ2n) is 4.02. The SMILES string of the molecule is CCC(CC)N(CCO)Cc1ncoc1C. The number of nitrogens with zero attached hydrogens (tertiary/aromatic N) is 2. The van der Waals surface area contributed by atoms with Gasteiger partial charge in [-0.05, 0) is 19.8 Å². The van der Waals surface area contributed by atoms with Crippen LogP contribution in [0.3, 0.4) is 0 Å². The monoisotopic (exact) mass is 226 g/mol. The van der Waals surface area contributed by atoms with Crippen molar-refractivity contribution in [3.05, 3.63) is 17.8 Å². The maximum atomic E-state index is 9.09. The van der Waals surface area contributed by atoms with Crippen LogP contribution >= 0.6 is 0 Å². The van der Waals surface area contributed by atoms with Crippen LogP contribution in [0.25, 0.3) is 0 Å². The smallest absolute Gasteiger partial charge is 0.181 e. The van der Waals surface area contributed by atoms with E-state index in [-0.39, 0.29) is 6.61 Å². The third-order valence-electron chi connectivity index (χ3n) is 3.04. The molecule has 1 rings (SSSR count). The molecule has 1 heterocycles. The summed E-state index contributed by atoms with van der Waals surface area (Å²) in [7, 11) is 0. The lowest BCUT2D eigenvalue weighted by atomic mass is 10.1. The predicted octanol–water partition coefficient (Wildman–Crippen LogP) is 1.97. The van der Waals surface area contributed by atoms with Gasteiger partial charge >= 0.3 is 0 Å². The molecular formula is C12H22N2O2. The Morgan fingerprint density at radius 2 is 2.12 bits per heavy atom. The number of aliphatic hydroxyl groups excluding tert-OH is 1. The fourth-order valence-corrected chi connectivity index (χ4v) is 2.00. The summed E-state index contributed by atoms with van der Waals surface area (Å²) < 4.78 is 5.19. The van der Waals surface area contributed by atoms with Gasteiger partial charge in [0.05, 0.1) is 12.3 Å². The molecule has 0 bridgehead atoms. The third-order valence-corrected chi connectivity index (χ3v) is 3.04. The molecule has 0 saturated carbocycles. The van der Waals surface area contributed by atoms with Crippen LogP contribution in [0.15, 0.2) is 10.8 Å². The summed E-state index contributed by atoms with van der Waals surface area (Å²) in [4.78, 5) is 6.47. The van der Waals surface area contributed by atoms with E-state index in [4.69, 9.17) is 9.52 Å². The Balaban J connectivity index is 2.67. The number of hydrogen-bond acceptors (Lipinski definition) is 4. The van der Waals surface area contributed by atoms with Crippen LogP contribution in [-0.4, -0.2) is 34.2 Å². The summed E-state index contributed by atoms with van der Waals surface area (Å²) in [6, 6.07) is 0.503. The van der Waals surface area contributed by atoms with E-state index in [0.29, 0.717) is 12.6 Å². The molecule has 0 aliphatic rings. The van der Waals surface area contributed by atoms with E-state index in [2.05, 4.69) is 23.7 Å². The molecule has 0 fully saturated rings. The molecule has 0 aliphatic carbocycles. The number of aliphatic hydroxyl groups is 1. The molecule has 0 radical (unpaired) electrons. The normalized spacial score (nSPS) is 11.6. The van der Waals surface area contributed by atoms with Gasteiger partial charge in [-0.1, -0.05) is 13.8 Å². The number of aryl methyl sites for hydroxylation is 1. The first kappa shape index (κ1) is 13.2. The molecule has 1 aromatic rings. The highest BCUT2D eigenvalue weighted by Gasteiger charge is 2.17. The molecular weight excluding hydrogens is 204 g/mol. The van der Waals surface area contributed by atoms with Gasteiger partial charge in [-0.3, -0.25) is 4.90 Å². The first-order valence-corrected chi connectivity index (χ1v) is 5.96. The molecule has 16 heavy (non-hydrogen) atoms. The standard InChI is InChI=1S/C12H22N2O2/c1-4-11(5-2)14(6-7-15)8-12-10(3)16-9-13-12/h9,11,15H,4-8H2,1-3H3. The minimum atomic E-state index is 0.188. The first-order chi connectivity index (χ1) is 7.72. The Morgan fingerprint density at radius 3 is 2.56 bits per heavy atom. The van der Waals surface area contributed by atoms with Gasteiger partial charge < -0.3 is 9.52 Å². The van der Waals surface area contributed by atoms with Gasteiger partial charge in [0.2, 0.25) is 0 Å². The lowest BCUT2D eigenvalue weighted by Crippen LogP contribution is -2.36. The topological polar surface area (TPSA) is 49.5 Å². The molecule has 4 heteroatoms. The predicted molar refractivity (Wildman–Crippen MR) is 63.1 cm³/mol. The molecule has 0 unspecified atom stereocenters. The maximum absolute atomic E-state index is 9.09. The van der Waals surface area contributed by atoms with Crippen LogP contribution in [-0.2, 0) is 6.54 Å². The van der Waals surface area contributed by atoms with Gasteiger partial charge in [-0.25, -0.2) is 4.98 Å². The van der Waals surface area contributed by atoms with E-state index < -0.39 is 0 Å². The van der Waals surface area contributed by atoms with Crippen LogP contribution in [0, 0.1) is 6.92 Å². The molecule has 0 aliphatic heterocycles. The Morgan fingerprint density at radius 1 is 1.44 bits per heavy atom. The quantitative estimate of drug-likeness (QED) is 0.772. The Labute approximate surface area is 97.3 Å². The summed E-state index contributed by atoms with van der Waals surface area (Å²) in [6.45, 7) is 7.91. The number of oxazole rings is 1. The van der Waals surface area contributed by atoms with Crippen molar-refractivity contribution in [1.29, 1.82) is 0 Å². The van der Waals surface area contributed by atoms with E-state index in [1.165, 1.54) is 6.39 Å². The fourth-order valence-electron chi connectivity index (χ4n) is 2.00. The van der Waals surface area contributed by atoms with Crippen LogP contribution in [0.1, 0.15) is 38.1 Å².